The van der Waals surface area contributed by atoms with Crippen LogP contribution in [0.25, 0.3) is 0 Å². The molecule has 1 nitrogen and oxygen atoms in total. The van der Waals surface area contributed by atoms with Gasteiger partial charge >= 0.3 is 0 Å². The van der Waals surface area contributed by atoms with E-state index < -0.39 is 0 Å². The van der Waals surface area contributed by atoms with Crippen molar-refractivity contribution in [1.29, 1.82) is 0 Å². The van der Waals surface area contributed by atoms with E-state index in [1.807, 2.05) is 26.0 Å². The standard InChI is InChI=1S/C4H8.C2H5N/c1-3-4-2;1-2-3/h3-4H,1-2H3;2H,1,3H2/b4-3-;. The summed E-state index contributed by atoms with van der Waals surface area (Å²) in [6.45, 7) is 7.14. The van der Waals surface area contributed by atoms with Gasteiger partial charge in [-0.3, -0.25) is 0 Å². The molecule has 0 heterocycles. The Morgan fingerprint density at radius 3 is 1.43 bits per heavy atom. The van der Waals surface area contributed by atoms with Gasteiger partial charge in [-0.05, 0) is 20.0 Å². The number of hydrogen-bond acceptors (Lipinski definition) is 1. The van der Waals surface area contributed by atoms with Crippen LogP contribution >= 0.6 is 0 Å². The quantitative estimate of drug-likeness (QED) is 0.459. The normalized spacial score (nSPS) is 7.14. The van der Waals surface area contributed by atoms with Crippen molar-refractivity contribution in [3.63, 3.8) is 0 Å². The summed E-state index contributed by atoms with van der Waals surface area (Å²) >= 11 is 0. The summed E-state index contributed by atoms with van der Waals surface area (Å²) in [5.41, 5.74) is 4.61. The Kier molecular flexibility index (Phi) is 25.4. The van der Waals surface area contributed by atoms with E-state index in [9.17, 15) is 0 Å². The first-order chi connectivity index (χ1) is 3.33. The maximum atomic E-state index is 4.61. The molecule has 0 radical (unpaired) electrons. The molecule has 0 aromatic heterocycles. The fraction of sp³-hybridized carbons (Fsp3) is 0.333. The molecular formula is C6H13N. The van der Waals surface area contributed by atoms with E-state index in [0.717, 1.165) is 0 Å². The van der Waals surface area contributed by atoms with Crippen LogP contribution in [0.2, 0.25) is 0 Å². The summed E-state index contributed by atoms with van der Waals surface area (Å²) in [7, 11) is 0. The molecule has 1 heteroatoms. The van der Waals surface area contributed by atoms with Gasteiger partial charge in [0.15, 0.2) is 0 Å². The van der Waals surface area contributed by atoms with Gasteiger partial charge < -0.3 is 5.73 Å². The van der Waals surface area contributed by atoms with Crippen LogP contribution in [0.1, 0.15) is 13.8 Å². The van der Waals surface area contributed by atoms with Crippen molar-refractivity contribution in [2.45, 2.75) is 13.8 Å². The van der Waals surface area contributed by atoms with Crippen LogP contribution < -0.4 is 5.73 Å². The Balaban J connectivity index is 0. The number of hydrogen-bond donors (Lipinski definition) is 1. The minimum Gasteiger partial charge on any atom is -0.405 e. The third-order valence-corrected chi connectivity index (χ3v) is 0.333. The summed E-state index contributed by atoms with van der Waals surface area (Å²) in [5, 5.41) is 0. The first kappa shape index (κ1) is 9.56. The van der Waals surface area contributed by atoms with Crippen molar-refractivity contribution in [2.75, 3.05) is 0 Å². The first-order valence-corrected chi connectivity index (χ1v) is 2.23. The first-order valence-electron chi connectivity index (χ1n) is 2.23. The molecule has 0 spiro atoms. The Morgan fingerprint density at radius 1 is 1.29 bits per heavy atom. The van der Waals surface area contributed by atoms with Crippen LogP contribution in [0.4, 0.5) is 0 Å². The van der Waals surface area contributed by atoms with E-state index in [1.165, 1.54) is 6.20 Å². The smallest absolute Gasteiger partial charge is 0.0136 e. The van der Waals surface area contributed by atoms with Crippen LogP contribution in [-0.2, 0) is 0 Å². The maximum absolute atomic E-state index is 4.61. The highest BCUT2D eigenvalue weighted by Gasteiger charge is 1.34. The molecule has 0 aliphatic carbocycles. The summed E-state index contributed by atoms with van der Waals surface area (Å²) in [6, 6.07) is 0. The van der Waals surface area contributed by atoms with Gasteiger partial charge in [0.25, 0.3) is 0 Å². The zero-order valence-electron chi connectivity index (χ0n) is 5.02. The third kappa shape index (κ3) is 725. The van der Waals surface area contributed by atoms with E-state index in [4.69, 9.17) is 0 Å². The highest BCUT2D eigenvalue weighted by Crippen LogP contribution is 1.57. The van der Waals surface area contributed by atoms with E-state index in [0.29, 0.717) is 0 Å². The second-order valence-electron chi connectivity index (χ2n) is 0.902. The summed E-state index contributed by atoms with van der Waals surface area (Å²) in [5.74, 6) is 0. The van der Waals surface area contributed by atoms with Crippen LogP contribution in [-0.4, -0.2) is 0 Å². The molecule has 0 rings (SSSR count). The van der Waals surface area contributed by atoms with Crippen LogP contribution in [0, 0.1) is 0 Å². The van der Waals surface area contributed by atoms with Crippen LogP contribution in [0.5, 0.6) is 0 Å². The summed E-state index contributed by atoms with van der Waals surface area (Å²) < 4.78 is 0. The van der Waals surface area contributed by atoms with Crippen molar-refractivity contribution in [3.05, 3.63) is 24.9 Å². The second-order valence-corrected chi connectivity index (χ2v) is 0.902. The molecule has 7 heavy (non-hydrogen) atoms. The molecule has 0 bridgehead atoms. The minimum absolute atomic E-state index is 1.25. The van der Waals surface area contributed by atoms with E-state index >= 15 is 0 Å². The highest BCUT2D eigenvalue weighted by atomic mass is 14.5. The Labute approximate surface area is 45.5 Å². The molecule has 0 saturated heterocycles. The number of nitrogens with two attached hydrogens (primary N) is 1. The molecule has 0 amide bonds. The molecule has 0 saturated carbocycles. The van der Waals surface area contributed by atoms with E-state index in [1.54, 1.807) is 0 Å². The predicted octanol–water partition coefficient (Wildman–Crippen LogP) is 1.67. The molecule has 42 valence electrons. The fourth-order valence-corrected chi connectivity index (χ4v) is 0. The fourth-order valence-electron chi connectivity index (χ4n) is 0. The van der Waals surface area contributed by atoms with Crippen molar-refractivity contribution in [2.24, 2.45) is 5.73 Å². The molecule has 0 fully saturated rings. The average molecular weight is 99.2 g/mol. The highest BCUT2D eigenvalue weighted by molar-refractivity contribution is 4.68. The lowest BCUT2D eigenvalue weighted by Crippen LogP contribution is -1.67. The Morgan fingerprint density at radius 2 is 1.43 bits per heavy atom. The number of rotatable bonds is 0. The van der Waals surface area contributed by atoms with Gasteiger partial charge in [0, 0.05) is 0 Å². The Bertz CT molecular complexity index is 42.1. The SMILES string of the molecule is C/C=C\C.C=CN. The van der Waals surface area contributed by atoms with Gasteiger partial charge in [0.1, 0.15) is 0 Å². The zero-order chi connectivity index (χ0) is 6.12. The van der Waals surface area contributed by atoms with Crippen LogP contribution in [0.3, 0.4) is 0 Å². The molecule has 0 atom stereocenters. The molecule has 0 aliphatic heterocycles. The maximum Gasteiger partial charge on any atom is -0.0136 e. The zero-order valence-corrected chi connectivity index (χ0v) is 5.02. The van der Waals surface area contributed by atoms with Crippen molar-refractivity contribution in [1.82, 2.24) is 0 Å². The monoisotopic (exact) mass is 99.1 g/mol. The molecule has 0 unspecified atom stereocenters. The van der Waals surface area contributed by atoms with Gasteiger partial charge in [0.2, 0.25) is 0 Å². The van der Waals surface area contributed by atoms with Gasteiger partial charge in [-0.25, -0.2) is 0 Å². The van der Waals surface area contributed by atoms with E-state index in [-0.39, 0.29) is 0 Å². The minimum atomic E-state index is 1.25. The van der Waals surface area contributed by atoms with Gasteiger partial charge in [-0.15, -0.1) is 0 Å². The van der Waals surface area contributed by atoms with Crippen molar-refractivity contribution in [3.8, 4) is 0 Å². The van der Waals surface area contributed by atoms with Gasteiger partial charge in [-0.2, -0.15) is 0 Å². The number of allylic oxidation sites excluding steroid dienone is 2. The lowest BCUT2D eigenvalue weighted by molar-refractivity contribution is 1.64. The Hall–Kier alpha value is -0.720. The van der Waals surface area contributed by atoms with Crippen molar-refractivity contribution < 1.29 is 0 Å². The second kappa shape index (κ2) is 18.6. The topological polar surface area (TPSA) is 26.0 Å². The lowest BCUT2D eigenvalue weighted by atomic mass is 10.6. The largest absolute Gasteiger partial charge is 0.405 e. The lowest BCUT2D eigenvalue weighted by Gasteiger charge is -1.49. The van der Waals surface area contributed by atoms with Crippen LogP contribution in [0.15, 0.2) is 24.9 Å². The average Bonchev–Trinajstić information content (AvgIpc) is 1.69. The molecule has 0 aliphatic rings. The molecular weight excluding hydrogens is 86.1 g/mol. The van der Waals surface area contributed by atoms with Crippen molar-refractivity contribution >= 4 is 0 Å². The third-order valence-electron chi connectivity index (χ3n) is 0.333. The molecule has 2 N–H and O–H groups in total. The predicted molar refractivity (Wildman–Crippen MR) is 34.9 cm³/mol. The molecule has 0 aromatic carbocycles. The van der Waals surface area contributed by atoms with Gasteiger partial charge in [0.05, 0.1) is 0 Å². The summed E-state index contributed by atoms with van der Waals surface area (Å²) in [6.07, 6.45) is 5.25. The van der Waals surface area contributed by atoms with Gasteiger partial charge in [-0.1, -0.05) is 18.7 Å². The molecule has 0 aromatic rings. The summed E-state index contributed by atoms with van der Waals surface area (Å²) in [4.78, 5) is 0. The van der Waals surface area contributed by atoms with E-state index in [2.05, 4.69) is 12.3 Å².